The summed E-state index contributed by atoms with van der Waals surface area (Å²) < 4.78 is 5.27. The van der Waals surface area contributed by atoms with Gasteiger partial charge in [0, 0.05) is 39.0 Å². The second kappa shape index (κ2) is 6.99. The molecule has 3 aliphatic rings. The number of nitrogens with zero attached hydrogens (tertiary/aromatic N) is 2. The lowest BCUT2D eigenvalue weighted by Gasteiger charge is -2.25. The standard InChI is InChI=1S/C17H28N2O3/c1-13-11-15(17(21)22-13)18-7-4-8-19(10-9-18)16(20)12-14-5-2-3-6-14/h13-15H,2-12H2,1H3/t13-,15+/m0/s1. The first kappa shape index (κ1) is 15.8. The molecule has 22 heavy (non-hydrogen) atoms. The highest BCUT2D eigenvalue weighted by atomic mass is 16.6. The van der Waals surface area contributed by atoms with Gasteiger partial charge in [0.1, 0.15) is 12.1 Å². The average molecular weight is 308 g/mol. The fourth-order valence-corrected chi connectivity index (χ4v) is 4.12. The minimum Gasteiger partial charge on any atom is -0.461 e. The fraction of sp³-hybridized carbons (Fsp3) is 0.882. The van der Waals surface area contributed by atoms with E-state index in [1.807, 2.05) is 11.8 Å². The molecular weight excluding hydrogens is 280 g/mol. The molecule has 5 nitrogen and oxygen atoms in total. The van der Waals surface area contributed by atoms with Gasteiger partial charge in [0.2, 0.25) is 5.91 Å². The van der Waals surface area contributed by atoms with E-state index in [-0.39, 0.29) is 18.1 Å². The predicted octanol–water partition coefficient (Wildman–Crippen LogP) is 1.80. The van der Waals surface area contributed by atoms with Crippen molar-refractivity contribution in [2.75, 3.05) is 26.2 Å². The first-order valence-corrected chi connectivity index (χ1v) is 8.86. The van der Waals surface area contributed by atoms with Crippen molar-refractivity contribution in [1.82, 2.24) is 9.80 Å². The molecule has 1 saturated carbocycles. The Hall–Kier alpha value is -1.10. The molecule has 0 N–H and O–H groups in total. The summed E-state index contributed by atoms with van der Waals surface area (Å²) in [4.78, 5) is 28.6. The van der Waals surface area contributed by atoms with Gasteiger partial charge in [0.25, 0.3) is 0 Å². The van der Waals surface area contributed by atoms with Crippen molar-refractivity contribution in [2.45, 2.75) is 64.0 Å². The van der Waals surface area contributed by atoms with Crippen molar-refractivity contribution in [3.8, 4) is 0 Å². The van der Waals surface area contributed by atoms with E-state index >= 15 is 0 Å². The summed E-state index contributed by atoms with van der Waals surface area (Å²) in [5, 5.41) is 0. The Kier molecular flexibility index (Phi) is 5.01. The largest absolute Gasteiger partial charge is 0.461 e. The zero-order valence-corrected chi connectivity index (χ0v) is 13.6. The molecule has 0 spiro atoms. The molecule has 0 bridgehead atoms. The molecule has 3 rings (SSSR count). The maximum atomic E-state index is 12.5. The number of carbonyl (C=O) groups excluding carboxylic acids is 2. The molecule has 0 aromatic rings. The smallest absolute Gasteiger partial charge is 0.323 e. The van der Waals surface area contributed by atoms with E-state index in [1.165, 1.54) is 25.7 Å². The molecule has 2 saturated heterocycles. The number of esters is 1. The normalized spacial score (nSPS) is 31.3. The molecule has 5 heteroatoms. The summed E-state index contributed by atoms with van der Waals surface area (Å²) in [5.41, 5.74) is 0. The van der Waals surface area contributed by atoms with E-state index in [0.717, 1.165) is 45.4 Å². The Labute approximate surface area is 133 Å². The van der Waals surface area contributed by atoms with Crippen LogP contribution in [-0.2, 0) is 14.3 Å². The summed E-state index contributed by atoms with van der Waals surface area (Å²) >= 11 is 0. The van der Waals surface area contributed by atoms with Crippen molar-refractivity contribution in [2.24, 2.45) is 5.92 Å². The Morgan fingerprint density at radius 1 is 1.14 bits per heavy atom. The number of hydrogen-bond donors (Lipinski definition) is 0. The number of amides is 1. The summed E-state index contributed by atoms with van der Waals surface area (Å²) in [6, 6.07) is -0.0973. The molecule has 2 atom stereocenters. The van der Waals surface area contributed by atoms with E-state index in [1.54, 1.807) is 0 Å². The third-order valence-electron chi connectivity index (χ3n) is 5.41. The number of cyclic esters (lactones) is 1. The zero-order valence-electron chi connectivity index (χ0n) is 13.6. The van der Waals surface area contributed by atoms with Crippen LogP contribution in [0, 0.1) is 5.92 Å². The third kappa shape index (κ3) is 3.62. The summed E-state index contributed by atoms with van der Waals surface area (Å²) in [7, 11) is 0. The molecule has 1 amide bonds. The second-order valence-electron chi connectivity index (χ2n) is 7.12. The van der Waals surface area contributed by atoms with Crippen LogP contribution in [0.2, 0.25) is 0 Å². The van der Waals surface area contributed by atoms with Crippen molar-refractivity contribution in [1.29, 1.82) is 0 Å². The Bertz CT molecular complexity index is 420. The number of hydrogen-bond acceptors (Lipinski definition) is 4. The van der Waals surface area contributed by atoms with Gasteiger partial charge in [-0.1, -0.05) is 12.8 Å². The van der Waals surface area contributed by atoms with Crippen LogP contribution in [0.3, 0.4) is 0 Å². The number of carbonyl (C=O) groups is 2. The average Bonchev–Trinajstić information content (AvgIpc) is 3.02. The topological polar surface area (TPSA) is 49.9 Å². The van der Waals surface area contributed by atoms with E-state index < -0.39 is 0 Å². The maximum absolute atomic E-state index is 12.5. The van der Waals surface area contributed by atoms with Gasteiger partial charge in [-0.15, -0.1) is 0 Å². The maximum Gasteiger partial charge on any atom is 0.323 e. The van der Waals surface area contributed by atoms with Gasteiger partial charge < -0.3 is 9.64 Å². The highest BCUT2D eigenvalue weighted by molar-refractivity contribution is 5.78. The van der Waals surface area contributed by atoms with Gasteiger partial charge >= 0.3 is 5.97 Å². The fourth-order valence-electron chi connectivity index (χ4n) is 4.12. The van der Waals surface area contributed by atoms with Gasteiger partial charge in [0.05, 0.1) is 0 Å². The van der Waals surface area contributed by atoms with E-state index in [4.69, 9.17) is 4.74 Å². The van der Waals surface area contributed by atoms with Crippen molar-refractivity contribution in [3.05, 3.63) is 0 Å². The number of rotatable bonds is 3. The summed E-state index contributed by atoms with van der Waals surface area (Å²) in [5.74, 6) is 0.840. The molecule has 124 valence electrons. The lowest BCUT2D eigenvalue weighted by atomic mass is 10.0. The first-order chi connectivity index (χ1) is 10.6. The van der Waals surface area contributed by atoms with Crippen molar-refractivity contribution < 1.29 is 14.3 Å². The van der Waals surface area contributed by atoms with Crippen LogP contribution >= 0.6 is 0 Å². The minimum atomic E-state index is -0.0973. The molecule has 2 heterocycles. The van der Waals surface area contributed by atoms with Gasteiger partial charge in [-0.2, -0.15) is 0 Å². The molecule has 1 aliphatic carbocycles. The lowest BCUT2D eigenvalue weighted by Crippen LogP contribution is -2.41. The van der Waals surface area contributed by atoms with Crippen LogP contribution in [0.1, 0.15) is 51.9 Å². The molecule has 0 aromatic heterocycles. The number of ether oxygens (including phenoxy) is 1. The van der Waals surface area contributed by atoms with Crippen molar-refractivity contribution in [3.63, 3.8) is 0 Å². The van der Waals surface area contributed by atoms with Gasteiger partial charge in [-0.05, 0) is 32.1 Å². The van der Waals surface area contributed by atoms with Crippen molar-refractivity contribution >= 4 is 11.9 Å². The highest BCUT2D eigenvalue weighted by Crippen LogP contribution is 2.28. The summed E-state index contributed by atoms with van der Waals surface area (Å²) in [6.45, 7) is 5.22. The van der Waals surface area contributed by atoms with E-state index in [0.29, 0.717) is 11.8 Å². The molecule has 2 aliphatic heterocycles. The molecular formula is C17H28N2O3. The predicted molar refractivity (Wildman–Crippen MR) is 83.3 cm³/mol. The Morgan fingerprint density at radius 3 is 2.59 bits per heavy atom. The van der Waals surface area contributed by atoms with Gasteiger partial charge in [-0.25, -0.2) is 0 Å². The van der Waals surface area contributed by atoms with E-state index in [2.05, 4.69) is 4.90 Å². The Morgan fingerprint density at radius 2 is 1.91 bits per heavy atom. The van der Waals surface area contributed by atoms with Crippen LogP contribution in [0.25, 0.3) is 0 Å². The third-order valence-corrected chi connectivity index (χ3v) is 5.41. The second-order valence-corrected chi connectivity index (χ2v) is 7.12. The van der Waals surface area contributed by atoms with Gasteiger partial charge in [0.15, 0.2) is 0 Å². The SMILES string of the molecule is C[C@H]1C[C@@H](N2CCCN(C(=O)CC3CCCC3)CC2)C(=O)O1. The van der Waals surface area contributed by atoms with E-state index in [9.17, 15) is 9.59 Å². The molecule has 0 unspecified atom stereocenters. The first-order valence-electron chi connectivity index (χ1n) is 8.86. The molecule has 0 aromatic carbocycles. The van der Waals surface area contributed by atoms with Crippen LogP contribution in [0.15, 0.2) is 0 Å². The van der Waals surface area contributed by atoms with Crippen LogP contribution in [0.4, 0.5) is 0 Å². The van der Waals surface area contributed by atoms with Gasteiger partial charge in [-0.3, -0.25) is 14.5 Å². The highest BCUT2D eigenvalue weighted by Gasteiger charge is 2.37. The van der Waals surface area contributed by atoms with Crippen LogP contribution in [0.5, 0.6) is 0 Å². The Balaban J connectivity index is 1.51. The minimum absolute atomic E-state index is 0.0286. The van der Waals surface area contributed by atoms with Crippen LogP contribution < -0.4 is 0 Å². The molecule has 3 fully saturated rings. The quantitative estimate of drug-likeness (QED) is 0.746. The molecule has 0 radical (unpaired) electrons. The monoisotopic (exact) mass is 308 g/mol. The van der Waals surface area contributed by atoms with Crippen LogP contribution in [-0.4, -0.2) is 60.0 Å². The lowest BCUT2D eigenvalue weighted by molar-refractivity contribution is -0.144. The zero-order chi connectivity index (χ0) is 15.5. The summed E-state index contributed by atoms with van der Waals surface area (Å²) in [6.07, 6.45) is 7.50.